The lowest BCUT2D eigenvalue weighted by molar-refractivity contribution is 0.132. The van der Waals surface area contributed by atoms with E-state index in [0.717, 1.165) is 24.0 Å². The molecule has 24 heavy (non-hydrogen) atoms. The number of nitrogens with one attached hydrogen (secondary N) is 1. The molecule has 1 aromatic carbocycles. The average molecular weight is 340 g/mol. The molecule has 0 amide bonds. The molecule has 122 valence electrons. The van der Waals surface area contributed by atoms with Gasteiger partial charge in [-0.25, -0.2) is 4.98 Å². The van der Waals surface area contributed by atoms with E-state index in [9.17, 15) is 5.26 Å². The van der Waals surface area contributed by atoms with Crippen LogP contribution in [0.2, 0.25) is 5.15 Å². The van der Waals surface area contributed by atoms with E-state index in [1.165, 1.54) is 12.8 Å². The van der Waals surface area contributed by atoms with Gasteiger partial charge < -0.3 is 10.1 Å². The van der Waals surface area contributed by atoms with Gasteiger partial charge in [0.05, 0.1) is 11.6 Å². The summed E-state index contributed by atoms with van der Waals surface area (Å²) in [6.07, 6.45) is 4.65. The first-order valence-corrected chi connectivity index (χ1v) is 8.69. The van der Waals surface area contributed by atoms with Crippen LogP contribution in [-0.4, -0.2) is 23.2 Å². The molecule has 2 aliphatic rings. The van der Waals surface area contributed by atoms with Gasteiger partial charge in [-0.2, -0.15) is 5.26 Å². The molecule has 1 N–H and O–H groups in total. The Balaban J connectivity index is 1.61. The first-order valence-electron chi connectivity index (χ1n) is 8.31. The fourth-order valence-corrected chi connectivity index (χ4v) is 3.99. The lowest BCUT2D eigenvalue weighted by Crippen LogP contribution is -2.42. The second kappa shape index (κ2) is 6.43. The zero-order chi connectivity index (χ0) is 16.5. The van der Waals surface area contributed by atoms with Crippen molar-refractivity contribution in [2.45, 2.75) is 43.9 Å². The van der Waals surface area contributed by atoms with E-state index in [1.807, 2.05) is 24.3 Å². The highest BCUT2D eigenvalue weighted by Crippen LogP contribution is 2.32. The summed E-state index contributed by atoms with van der Waals surface area (Å²) in [5, 5.41) is 13.3. The number of hydrogen-bond acceptors (Lipinski definition) is 4. The SMILES string of the molecule is N#Cc1ccccc1-c1cc(Cl)nc(OC2C[C@H]3CC[C@@H](C2)N3)c1. The number of ether oxygens (including phenoxy) is 1. The minimum absolute atomic E-state index is 0.175. The normalized spacial score (nSPS) is 25.2. The molecule has 2 aliphatic heterocycles. The van der Waals surface area contributed by atoms with Crippen LogP contribution in [0.25, 0.3) is 11.1 Å². The van der Waals surface area contributed by atoms with E-state index in [0.29, 0.717) is 28.7 Å². The van der Waals surface area contributed by atoms with Crippen molar-refractivity contribution in [2.24, 2.45) is 0 Å². The first kappa shape index (κ1) is 15.4. The molecule has 2 bridgehead atoms. The Labute approximate surface area is 146 Å². The Morgan fingerprint density at radius 3 is 2.67 bits per heavy atom. The van der Waals surface area contributed by atoms with Crippen LogP contribution in [0.5, 0.6) is 5.88 Å². The predicted octanol–water partition coefficient (Wildman–Crippen LogP) is 3.94. The van der Waals surface area contributed by atoms with Gasteiger partial charge in [0.25, 0.3) is 0 Å². The number of nitriles is 1. The maximum Gasteiger partial charge on any atom is 0.215 e. The molecule has 1 aromatic heterocycles. The van der Waals surface area contributed by atoms with Gasteiger partial charge in [0, 0.05) is 18.2 Å². The van der Waals surface area contributed by atoms with E-state index < -0.39 is 0 Å². The van der Waals surface area contributed by atoms with Gasteiger partial charge in [0.15, 0.2) is 0 Å². The highest BCUT2D eigenvalue weighted by molar-refractivity contribution is 6.29. The summed E-state index contributed by atoms with van der Waals surface area (Å²) in [6.45, 7) is 0. The fourth-order valence-electron chi connectivity index (χ4n) is 3.79. The highest BCUT2D eigenvalue weighted by Gasteiger charge is 2.34. The third-order valence-electron chi connectivity index (χ3n) is 4.85. The Morgan fingerprint density at radius 2 is 1.92 bits per heavy atom. The Morgan fingerprint density at radius 1 is 1.17 bits per heavy atom. The van der Waals surface area contributed by atoms with Gasteiger partial charge in [-0.1, -0.05) is 29.8 Å². The van der Waals surface area contributed by atoms with E-state index in [1.54, 1.807) is 12.1 Å². The molecule has 2 aromatic rings. The lowest BCUT2D eigenvalue weighted by Gasteiger charge is -2.29. The molecule has 2 saturated heterocycles. The minimum Gasteiger partial charge on any atom is -0.474 e. The maximum absolute atomic E-state index is 9.31. The largest absolute Gasteiger partial charge is 0.474 e. The quantitative estimate of drug-likeness (QED) is 0.861. The Bertz CT molecular complexity index is 789. The molecule has 0 spiro atoms. The van der Waals surface area contributed by atoms with Crippen LogP contribution in [0.4, 0.5) is 0 Å². The summed E-state index contributed by atoms with van der Waals surface area (Å²) in [5.41, 5.74) is 2.32. The third-order valence-corrected chi connectivity index (χ3v) is 5.04. The maximum atomic E-state index is 9.31. The van der Waals surface area contributed by atoms with Crippen molar-refractivity contribution in [3.8, 4) is 23.1 Å². The third kappa shape index (κ3) is 3.10. The van der Waals surface area contributed by atoms with Crippen molar-refractivity contribution in [3.63, 3.8) is 0 Å². The zero-order valence-corrected chi connectivity index (χ0v) is 14.0. The number of fused-ring (bicyclic) bond motifs is 2. The topological polar surface area (TPSA) is 57.9 Å². The number of nitrogens with zero attached hydrogens (tertiary/aromatic N) is 2. The van der Waals surface area contributed by atoms with Crippen molar-refractivity contribution in [1.82, 2.24) is 10.3 Å². The Kier molecular flexibility index (Phi) is 4.13. The van der Waals surface area contributed by atoms with Crippen LogP contribution in [0, 0.1) is 11.3 Å². The minimum atomic E-state index is 0.175. The van der Waals surface area contributed by atoms with Crippen LogP contribution >= 0.6 is 11.6 Å². The summed E-state index contributed by atoms with van der Waals surface area (Å²) in [5.74, 6) is 0.538. The molecule has 4 nitrogen and oxygen atoms in total. The smallest absolute Gasteiger partial charge is 0.215 e. The van der Waals surface area contributed by atoms with Crippen LogP contribution in [0.3, 0.4) is 0 Å². The van der Waals surface area contributed by atoms with Crippen molar-refractivity contribution < 1.29 is 4.74 Å². The van der Waals surface area contributed by atoms with E-state index >= 15 is 0 Å². The number of benzene rings is 1. The summed E-state index contributed by atoms with van der Waals surface area (Å²) in [7, 11) is 0. The molecule has 0 saturated carbocycles. The molecular weight excluding hydrogens is 322 g/mol. The summed E-state index contributed by atoms with van der Waals surface area (Å²) >= 11 is 6.20. The van der Waals surface area contributed by atoms with Gasteiger partial charge in [-0.3, -0.25) is 0 Å². The summed E-state index contributed by atoms with van der Waals surface area (Å²) < 4.78 is 6.13. The molecule has 3 atom stereocenters. The number of aromatic nitrogens is 1. The molecule has 3 heterocycles. The van der Waals surface area contributed by atoms with Crippen molar-refractivity contribution in [3.05, 3.63) is 47.1 Å². The first-order chi connectivity index (χ1) is 11.7. The van der Waals surface area contributed by atoms with E-state index in [2.05, 4.69) is 16.4 Å². The van der Waals surface area contributed by atoms with Gasteiger partial charge in [0.2, 0.25) is 5.88 Å². The molecule has 0 radical (unpaired) electrons. The van der Waals surface area contributed by atoms with Crippen LogP contribution in [0.1, 0.15) is 31.2 Å². The lowest BCUT2D eigenvalue weighted by atomic mass is 10.0. The Hall–Kier alpha value is -2.09. The van der Waals surface area contributed by atoms with Gasteiger partial charge in [-0.15, -0.1) is 0 Å². The fraction of sp³-hybridized carbons (Fsp3) is 0.368. The van der Waals surface area contributed by atoms with Crippen LogP contribution < -0.4 is 10.1 Å². The highest BCUT2D eigenvalue weighted by atomic mass is 35.5. The second-order valence-electron chi connectivity index (χ2n) is 6.52. The summed E-state index contributed by atoms with van der Waals surface area (Å²) in [6, 6.07) is 14.5. The molecule has 2 fully saturated rings. The number of rotatable bonds is 3. The molecule has 5 heteroatoms. The molecular formula is C19H18ClN3O. The second-order valence-corrected chi connectivity index (χ2v) is 6.91. The van der Waals surface area contributed by atoms with Gasteiger partial charge >= 0.3 is 0 Å². The average Bonchev–Trinajstić information content (AvgIpc) is 2.93. The molecule has 4 rings (SSSR count). The van der Waals surface area contributed by atoms with Gasteiger partial charge in [0.1, 0.15) is 11.3 Å². The molecule has 1 unspecified atom stereocenters. The zero-order valence-electron chi connectivity index (χ0n) is 13.2. The number of halogens is 1. The van der Waals surface area contributed by atoms with E-state index in [4.69, 9.17) is 16.3 Å². The van der Waals surface area contributed by atoms with Crippen molar-refractivity contribution >= 4 is 11.6 Å². The monoisotopic (exact) mass is 339 g/mol. The predicted molar refractivity (Wildman–Crippen MR) is 93.0 cm³/mol. The number of hydrogen-bond donors (Lipinski definition) is 1. The van der Waals surface area contributed by atoms with Crippen molar-refractivity contribution in [1.29, 1.82) is 5.26 Å². The number of piperidine rings is 1. The standard InChI is InChI=1S/C19H18ClN3O/c20-18-7-13(17-4-2-1-3-12(17)11-21)8-19(23-18)24-16-9-14-5-6-15(10-16)22-14/h1-4,7-8,14-16,22H,5-6,9-10H2/t14-,15+,16?. The van der Waals surface area contributed by atoms with Crippen LogP contribution in [-0.2, 0) is 0 Å². The molecule has 0 aliphatic carbocycles. The number of pyridine rings is 1. The summed E-state index contributed by atoms with van der Waals surface area (Å²) in [4.78, 5) is 4.32. The van der Waals surface area contributed by atoms with Crippen molar-refractivity contribution in [2.75, 3.05) is 0 Å². The van der Waals surface area contributed by atoms with E-state index in [-0.39, 0.29) is 6.10 Å². The van der Waals surface area contributed by atoms with Gasteiger partial charge in [-0.05, 0) is 48.9 Å². The van der Waals surface area contributed by atoms with Crippen LogP contribution in [0.15, 0.2) is 36.4 Å².